The van der Waals surface area contributed by atoms with Crippen molar-refractivity contribution in [3.05, 3.63) is 29.6 Å². The van der Waals surface area contributed by atoms with Gasteiger partial charge in [0.25, 0.3) is 0 Å². The molecule has 1 aromatic carbocycles. The Morgan fingerprint density at radius 1 is 1.45 bits per heavy atom. The Labute approximate surface area is 120 Å². The van der Waals surface area contributed by atoms with E-state index in [2.05, 4.69) is 4.74 Å². The van der Waals surface area contributed by atoms with Crippen molar-refractivity contribution < 1.29 is 23.8 Å². The minimum atomic E-state index is -1.15. The fraction of sp³-hybridized carbons (Fsp3) is 0.429. The van der Waals surface area contributed by atoms with Crippen LogP contribution in [0.25, 0.3) is 0 Å². The smallest absolute Gasteiger partial charge is 0.336 e. The number of halogens is 1. The Hall–Kier alpha value is -1.56. The summed E-state index contributed by atoms with van der Waals surface area (Å²) in [5.41, 5.74) is -0.209. The van der Waals surface area contributed by atoms with Crippen LogP contribution in [0.4, 0.5) is 4.39 Å². The highest BCUT2D eigenvalue weighted by molar-refractivity contribution is 7.99. The lowest BCUT2D eigenvalue weighted by atomic mass is 10.1. The highest BCUT2D eigenvalue weighted by atomic mass is 32.2. The number of carbonyl (C=O) groups excluding carboxylic acids is 1. The van der Waals surface area contributed by atoms with Crippen LogP contribution in [0.2, 0.25) is 0 Å². The molecule has 1 aliphatic carbocycles. The lowest BCUT2D eigenvalue weighted by Gasteiger charge is -2.14. The predicted molar refractivity (Wildman–Crippen MR) is 72.4 cm³/mol. The van der Waals surface area contributed by atoms with E-state index < -0.39 is 11.8 Å². The SMILES string of the molecule is COC(=O)CC1(CSc2c(F)cccc2C(=O)O)CC1. The fourth-order valence-corrected chi connectivity index (χ4v) is 3.33. The average Bonchev–Trinajstić information content (AvgIpc) is 3.16. The average molecular weight is 298 g/mol. The first kappa shape index (κ1) is 14.8. The summed E-state index contributed by atoms with van der Waals surface area (Å²) in [4.78, 5) is 22.5. The summed E-state index contributed by atoms with van der Waals surface area (Å²) >= 11 is 1.16. The van der Waals surface area contributed by atoms with Crippen molar-refractivity contribution in [2.45, 2.75) is 24.2 Å². The van der Waals surface area contributed by atoms with Crippen molar-refractivity contribution in [1.82, 2.24) is 0 Å². The first-order valence-electron chi connectivity index (χ1n) is 6.19. The van der Waals surface area contributed by atoms with Crippen LogP contribution in [-0.4, -0.2) is 29.9 Å². The second-order valence-corrected chi connectivity index (χ2v) is 5.95. The van der Waals surface area contributed by atoms with Crippen LogP contribution in [0.5, 0.6) is 0 Å². The molecule has 6 heteroatoms. The van der Waals surface area contributed by atoms with Gasteiger partial charge in [-0.15, -0.1) is 11.8 Å². The Morgan fingerprint density at radius 3 is 2.70 bits per heavy atom. The van der Waals surface area contributed by atoms with Gasteiger partial charge in [-0.25, -0.2) is 9.18 Å². The third-order valence-electron chi connectivity index (χ3n) is 3.42. The molecule has 1 saturated carbocycles. The Balaban J connectivity index is 2.08. The zero-order chi connectivity index (χ0) is 14.8. The lowest BCUT2D eigenvalue weighted by Crippen LogP contribution is -2.13. The maximum atomic E-state index is 13.8. The minimum absolute atomic E-state index is 0.0381. The zero-order valence-corrected chi connectivity index (χ0v) is 11.8. The number of carbonyl (C=O) groups is 2. The molecule has 0 amide bonds. The van der Waals surface area contributed by atoms with Gasteiger partial charge in [-0.05, 0) is 30.4 Å². The van der Waals surface area contributed by atoms with E-state index in [9.17, 15) is 14.0 Å². The van der Waals surface area contributed by atoms with Gasteiger partial charge in [0.05, 0.1) is 24.0 Å². The van der Waals surface area contributed by atoms with Gasteiger partial charge in [-0.3, -0.25) is 4.79 Å². The molecule has 0 heterocycles. The minimum Gasteiger partial charge on any atom is -0.478 e. The van der Waals surface area contributed by atoms with Crippen molar-refractivity contribution in [2.24, 2.45) is 5.41 Å². The van der Waals surface area contributed by atoms with Crippen molar-refractivity contribution in [2.75, 3.05) is 12.9 Å². The maximum Gasteiger partial charge on any atom is 0.336 e. The third-order valence-corrected chi connectivity index (χ3v) is 4.88. The number of esters is 1. The predicted octanol–water partition coefficient (Wildman–Crippen LogP) is 2.96. The Kier molecular flexibility index (Phi) is 4.32. The van der Waals surface area contributed by atoms with E-state index in [0.29, 0.717) is 12.2 Å². The Bertz CT molecular complexity index is 540. The number of aromatic carboxylic acids is 1. The molecule has 0 spiro atoms. The van der Waals surface area contributed by atoms with Gasteiger partial charge in [0.2, 0.25) is 0 Å². The van der Waals surface area contributed by atoms with E-state index in [-0.39, 0.29) is 21.8 Å². The van der Waals surface area contributed by atoms with Gasteiger partial charge < -0.3 is 9.84 Å². The molecule has 1 aromatic rings. The van der Waals surface area contributed by atoms with E-state index >= 15 is 0 Å². The molecule has 4 nitrogen and oxygen atoms in total. The van der Waals surface area contributed by atoms with Gasteiger partial charge in [0.1, 0.15) is 5.82 Å². The standard InChI is InChI=1S/C14H15FO4S/c1-19-11(16)7-14(5-6-14)8-20-12-9(13(17)18)3-2-4-10(12)15/h2-4H,5-8H2,1H3,(H,17,18). The number of methoxy groups -OCH3 is 1. The maximum absolute atomic E-state index is 13.8. The monoisotopic (exact) mass is 298 g/mol. The lowest BCUT2D eigenvalue weighted by molar-refractivity contribution is -0.141. The summed E-state index contributed by atoms with van der Waals surface area (Å²) in [5.74, 6) is -1.45. The van der Waals surface area contributed by atoms with Crippen LogP contribution >= 0.6 is 11.8 Å². The van der Waals surface area contributed by atoms with Crippen molar-refractivity contribution >= 4 is 23.7 Å². The molecule has 0 saturated heterocycles. The zero-order valence-electron chi connectivity index (χ0n) is 11.0. The molecule has 0 bridgehead atoms. The first-order chi connectivity index (χ1) is 9.47. The summed E-state index contributed by atoms with van der Waals surface area (Å²) in [6.07, 6.45) is 2.06. The largest absolute Gasteiger partial charge is 0.478 e. The summed E-state index contributed by atoms with van der Waals surface area (Å²) in [7, 11) is 1.34. The first-order valence-corrected chi connectivity index (χ1v) is 7.17. The quantitative estimate of drug-likeness (QED) is 0.646. The molecule has 1 N–H and O–H groups in total. The molecule has 0 radical (unpaired) electrons. The third kappa shape index (κ3) is 3.30. The van der Waals surface area contributed by atoms with Crippen LogP contribution in [0.3, 0.4) is 0 Å². The van der Waals surface area contributed by atoms with E-state index in [4.69, 9.17) is 5.11 Å². The van der Waals surface area contributed by atoms with E-state index in [1.165, 1.54) is 25.3 Å². The summed E-state index contributed by atoms with van der Waals surface area (Å²) in [6.45, 7) is 0. The number of hydrogen-bond acceptors (Lipinski definition) is 4. The topological polar surface area (TPSA) is 63.6 Å². The molecular weight excluding hydrogens is 283 g/mol. The second-order valence-electron chi connectivity index (χ2n) is 4.96. The van der Waals surface area contributed by atoms with Gasteiger partial charge in [-0.2, -0.15) is 0 Å². The Morgan fingerprint density at radius 2 is 2.15 bits per heavy atom. The van der Waals surface area contributed by atoms with Crippen LogP contribution in [0, 0.1) is 11.2 Å². The molecule has 0 aliphatic heterocycles. The highest BCUT2D eigenvalue weighted by Gasteiger charge is 2.44. The fourth-order valence-electron chi connectivity index (χ4n) is 1.98. The van der Waals surface area contributed by atoms with Crippen LogP contribution in [0.15, 0.2) is 23.1 Å². The van der Waals surface area contributed by atoms with Crippen LogP contribution in [-0.2, 0) is 9.53 Å². The van der Waals surface area contributed by atoms with Gasteiger partial charge >= 0.3 is 11.9 Å². The molecule has 2 rings (SSSR count). The van der Waals surface area contributed by atoms with Crippen LogP contribution < -0.4 is 0 Å². The molecule has 0 unspecified atom stereocenters. The number of ether oxygens (including phenoxy) is 1. The molecular formula is C14H15FO4S. The number of carboxylic acids is 1. The van der Waals surface area contributed by atoms with Gasteiger partial charge in [0.15, 0.2) is 0 Å². The van der Waals surface area contributed by atoms with Crippen LogP contribution in [0.1, 0.15) is 29.6 Å². The normalized spacial score (nSPS) is 15.7. The van der Waals surface area contributed by atoms with Gasteiger partial charge in [0, 0.05) is 5.75 Å². The van der Waals surface area contributed by atoms with E-state index in [0.717, 1.165) is 24.6 Å². The summed E-state index contributed by atoms with van der Waals surface area (Å²) in [6, 6.07) is 4.01. The number of thioether (sulfide) groups is 1. The second kappa shape index (κ2) is 5.83. The van der Waals surface area contributed by atoms with Gasteiger partial charge in [-0.1, -0.05) is 6.07 Å². The van der Waals surface area contributed by atoms with Crippen molar-refractivity contribution in [1.29, 1.82) is 0 Å². The van der Waals surface area contributed by atoms with Crippen molar-refractivity contribution in [3.63, 3.8) is 0 Å². The number of benzene rings is 1. The summed E-state index contributed by atoms with van der Waals surface area (Å²) < 4.78 is 18.4. The molecule has 108 valence electrons. The summed E-state index contributed by atoms with van der Waals surface area (Å²) in [5, 5.41) is 9.06. The molecule has 1 aliphatic rings. The van der Waals surface area contributed by atoms with E-state index in [1.54, 1.807) is 0 Å². The molecule has 0 aromatic heterocycles. The molecule has 20 heavy (non-hydrogen) atoms. The number of carboxylic acid groups (broad SMARTS) is 1. The molecule has 1 fully saturated rings. The van der Waals surface area contributed by atoms with E-state index in [1.807, 2.05) is 0 Å². The number of hydrogen-bond donors (Lipinski definition) is 1. The number of rotatable bonds is 6. The highest BCUT2D eigenvalue weighted by Crippen LogP contribution is 2.52. The molecule has 0 atom stereocenters. The van der Waals surface area contributed by atoms with Crippen molar-refractivity contribution in [3.8, 4) is 0 Å².